The van der Waals surface area contributed by atoms with E-state index in [-0.39, 0.29) is 11.8 Å². The number of nitrogens with one attached hydrogen (secondary N) is 2. The Labute approximate surface area is 212 Å². The van der Waals surface area contributed by atoms with E-state index in [0.717, 1.165) is 36.3 Å². The van der Waals surface area contributed by atoms with Crippen molar-refractivity contribution in [3.63, 3.8) is 0 Å². The Kier molecular flexibility index (Phi) is 8.15. The summed E-state index contributed by atoms with van der Waals surface area (Å²) in [6, 6.07) is 15.9. The summed E-state index contributed by atoms with van der Waals surface area (Å²) in [6.07, 6.45) is 3.62. The fraction of sp³-hybridized carbons (Fsp3) is 0.357. The molecule has 2 aromatic carbocycles. The maximum atomic E-state index is 12.9. The minimum absolute atomic E-state index is 0.0520. The van der Waals surface area contributed by atoms with Crippen LogP contribution in [-0.2, 0) is 11.3 Å². The lowest BCUT2D eigenvalue weighted by atomic mass is 9.96. The smallest absolute Gasteiger partial charge is 0.225 e. The standard InChI is InChI=1S/C28H34N4O4/c1-19-7-9-20(10-8-19)17-30-28(33)21-6-5-13-32(18-21)23-11-12-29-26(16-23)31-22-14-24(34-2)27(36-4)25(15-22)35-3/h7-12,14-16,21H,5-6,13,17-18H2,1-4H3,(H,29,31)(H,30,33)/t21-/m0/s1. The second-order valence-corrected chi connectivity index (χ2v) is 8.93. The zero-order chi connectivity index (χ0) is 25.5. The molecule has 1 atom stereocenters. The third kappa shape index (κ3) is 6.00. The summed E-state index contributed by atoms with van der Waals surface area (Å²) < 4.78 is 16.3. The Bertz CT molecular complexity index is 1160. The Morgan fingerprint density at radius 3 is 2.42 bits per heavy atom. The molecule has 0 radical (unpaired) electrons. The van der Waals surface area contributed by atoms with E-state index in [9.17, 15) is 4.79 Å². The topological polar surface area (TPSA) is 85.0 Å². The highest BCUT2D eigenvalue weighted by Gasteiger charge is 2.26. The van der Waals surface area contributed by atoms with Crippen molar-refractivity contribution in [2.75, 3.05) is 44.6 Å². The molecule has 8 nitrogen and oxygen atoms in total. The summed E-state index contributed by atoms with van der Waals surface area (Å²) in [5.74, 6) is 2.39. The number of hydrogen-bond acceptors (Lipinski definition) is 7. The van der Waals surface area contributed by atoms with Gasteiger partial charge in [-0.05, 0) is 31.4 Å². The van der Waals surface area contributed by atoms with Gasteiger partial charge in [-0.2, -0.15) is 0 Å². The number of ether oxygens (including phenoxy) is 3. The molecule has 0 saturated carbocycles. The average Bonchev–Trinajstić information content (AvgIpc) is 2.92. The van der Waals surface area contributed by atoms with Crippen LogP contribution < -0.4 is 29.7 Å². The van der Waals surface area contributed by atoms with Crippen molar-refractivity contribution in [3.8, 4) is 17.2 Å². The van der Waals surface area contributed by atoms with Crippen LogP contribution in [0.1, 0.15) is 24.0 Å². The Morgan fingerprint density at radius 1 is 1.03 bits per heavy atom. The second kappa shape index (κ2) is 11.7. The summed E-state index contributed by atoms with van der Waals surface area (Å²) in [7, 11) is 4.75. The molecule has 1 aromatic heterocycles. The molecule has 0 aliphatic carbocycles. The van der Waals surface area contributed by atoms with Crippen molar-refractivity contribution < 1.29 is 19.0 Å². The lowest BCUT2D eigenvalue weighted by molar-refractivity contribution is -0.125. The maximum Gasteiger partial charge on any atom is 0.225 e. The highest BCUT2D eigenvalue weighted by atomic mass is 16.5. The van der Waals surface area contributed by atoms with Gasteiger partial charge in [-0.1, -0.05) is 29.8 Å². The molecule has 2 heterocycles. The molecule has 0 spiro atoms. The zero-order valence-corrected chi connectivity index (χ0v) is 21.3. The molecular formula is C28H34N4O4. The number of aromatic nitrogens is 1. The van der Waals surface area contributed by atoms with Crippen molar-refractivity contribution in [2.24, 2.45) is 5.92 Å². The van der Waals surface area contributed by atoms with Gasteiger partial charge in [0.15, 0.2) is 11.5 Å². The van der Waals surface area contributed by atoms with Gasteiger partial charge in [0.1, 0.15) is 5.82 Å². The van der Waals surface area contributed by atoms with Gasteiger partial charge >= 0.3 is 0 Å². The number of amides is 1. The van der Waals surface area contributed by atoms with E-state index >= 15 is 0 Å². The molecule has 2 N–H and O–H groups in total. The summed E-state index contributed by atoms with van der Waals surface area (Å²) in [5.41, 5.74) is 4.11. The van der Waals surface area contributed by atoms with Crippen LogP contribution in [0, 0.1) is 12.8 Å². The number of hydrogen-bond donors (Lipinski definition) is 2. The molecule has 36 heavy (non-hydrogen) atoms. The Morgan fingerprint density at radius 2 is 1.75 bits per heavy atom. The quantitative estimate of drug-likeness (QED) is 0.450. The van der Waals surface area contributed by atoms with Crippen LogP contribution in [0.5, 0.6) is 17.2 Å². The molecule has 3 aromatic rings. The zero-order valence-electron chi connectivity index (χ0n) is 21.3. The van der Waals surface area contributed by atoms with E-state index in [1.165, 1.54) is 5.56 Å². The average molecular weight is 491 g/mol. The molecule has 0 unspecified atom stereocenters. The molecule has 190 valence electrons. The Balaban J connectivity index is 1.42. The van der Waals surface area contributed by atoms with Crippen molar-refractivity contribution in [3.05, 3.63) is 65.9 Å². The summed E-state index contributed by atoms with van der Waals surface area (Å²) in [4.78, 5) is 19.6. The molecule has 0 bridgehead atoms. The highest BCUT2D eigenvalue weighted by Crippen LogP contribution is 2.40. The lowest BCUT2D eigenvalue weighted by Crippen LogP contribution is -2.43. The van der Waals surface area contributed by atoms with Gasteiger partial charge in [-0.15, -0.1) is 0 Å². The van der Waals surface area contributed by atoms with Crippen LogP contribution in [0.2, 0.25) is 0 Å². The molecule has 8 heteroatoms. The monoisotopic (exact) mass is 490 g/mol. The number of nitrogens with zero attached hydrogens (tertiary/aromatic N) is 2. The molecule has 1 aliphatic rings. The van der Waals surface area contributed by atoms with E-state index in [1.54, 1.807) is 27.5 Å². The maximum absolute atomic E-state index is 12.9. The number of benzene rings is 2. The predicted octanol–water partition coefficient (Wildman–Crippen LogP) is 4.69. The van der Waals surface area contributed by atoms with Gasteiger partial charge in [0, 0.05) is 55.4 Å². The van der Waals surface area contributed by atoms with Gasteiger partial charge < -0.3 is 29.7 Å². The SMILES string of the molecule is COc1cc(Nc2cc(N3CCC[C@H](C(=O)NCc4ccc(C)cc4)C3)ccn2)cc(OC)c1OC. The summed E-state index contributed by atoms with van der Waals surface area (Å²) in [5, 5.41) is 6.44. The number of piperidine rings is 1. The van der Waals surface area contributed by atoms with Gasteiger partial charge in [0.25, 0.3) is 0 Å². The summed E-state index contributed by atoms with van der Waals surface area (Å²) in [6.45, 7) is 4.18. The molecule has 1 saturated heterocycles. The first-order chi connectivity index (χ1) is 17.5. The van der Waals surface area contributed by atoms with E-state index in [0.29, 0.717) is 36.2 Å². The van der Waals surface area contributed by atoms with Crippen LogP contribution in [-0.4, -0.2) is 45.3 Å². The van der Waals surface area contributed by atoms with Crippen molar-refractivity contribution >= 4 is 23.1 Å². The van der Waals surface area contributed by atoms with Crippen LogP contribution in [0.3, 0.4) is 0 Å². The molecule has 1 fully saturated rings. The van der Waals surface area contributed by atoms with Crippen LogP contribution in [0.15, 0.2) is 54.7 Å². The van der Waals surface area contributed by atoms with Crippen molar-refractivity contribution in [1.82, 2.24) is 10.3 Å². The largest absolute Gasteiger partial charge is 0.493 e. The highest BCUT2D eigenvalue weighted by molar-refractivity contribution is 5.79. The first-order valence-electron chi connectivity index (χ1n) is 12.1. The van der Waals surface area contributed by atoms with Crippen LogP contribution >= 0.6 is 0 Å². The number of aryl methyl sites for hydroxylation is 1. The number of pyridine rings is 1. The third-order valence-electron chi connectivity index (χ3n) is 6.43. The minimum atomic E-state index is -0.0520. The lowest BCUT2D eigenvalue weighted by Gasteiger charge is -2.33. The first kappa shape index (κ1) is 25.2. The molecule has 1 aliphatic heterocycles. The van der Waals surface area contributed by atoms with E-state index in [1.807, 2.05) is 24.3 Å². The van der Waals surface area contributed by atoms with Gasteiger partial charge in [-0.3, -0.25) is 4.79 Å². The number of carbonyl (C=O) groups is 1. The normalized spacial score (nSPS) is 15.2. The van der Waals surface area contributed by atoms with E-state index in [4.69, 9.17) is 14.2 Å². The van der Waals surface area contributed by atoms with Crippen molar-refractivity contribution in [2.45, 2.75) is 26.3 Å². The number of anilines is 3. The van der Waals surface area contributed by atoms with Gasteiger partial charge in [0.05, 0.1) is 27.2 Å². The molecular weight excluding hydrogens is 456 g/mol. The van der Waals surface area contributed by atoms with E-state index < -0.39 is 0 Å². The van der Waals surface area contributed by atoms with Gasteiger partial charge in [-0.25, -0.2) is 4.98 Å². The second-order valence-electron chi connectivity index (χ2n) is 8.93. The number of rotatable bonds is 9. The van der Waals surface area contributed by atoms with E-state index in [2.05, 4.69) is 51.7 Å². The fourth-order valence-electron chi connectivity index (χ4n) is 4.45. The van der Waals surface area contributed by atoms with Crippen molar-refractivity contribution in [1.29, 1.82) is 0 Å². The van der Waals surface area contributed by atoms with Gasteiger partial charge in [0.2, 0.25) is 11.7 Å². The number of methoxy groups -OCH3 is 3. The molecule has 4 rings (SSSR count). The summed E-state index contributed by atoms with van der Waals surface area (Å²) >= 11 is 0. The third-order valence-corrected chi connectivity index (χ3v) is 6.43. The Hall–Kier alpha value is -3.94. The van der Waals surface area contributed by atoms with Crippen LogP contribution in [0.4, 0.5) is 17.2 Å². The first-order valence-corrected chi connectivity index (χ1v) is 12.1. The molecule has 1 amide bonds. The fourth-order valence-corrected chi connectivity index (χ4v) is 4.45. The van der Waals surface area contributed by atoms with Crippen LogP contribution in [0.25, 0.3) is 0 Å². The predicted molar refractivity (Wildman–Crippen MR) is 142 cm³/mol. The minimum Gasteiger partial charge on any atom is -0.493 e. The number of carbonyl (C=O) groups excluding carboxylic acids is 1.